The highest BCUT2D eigenvalue weighted by molar-refractivity contribution is 5.92. The molecule has 0 radical (unpaired) electrons. The number of benzene rings is 1. The molecule has 0 amide bonds. The van der Waals surface area contributed by atoms with Crippen molar-refractivity contribution in [2.45, 2.75) is 25.2 Å². The molecule has 1 fully saturated rings. The Balaban J connectivity index is 2.05. The molecule has 1 aliphatic rings. The molecule has 17 heavy (non-hydrogen) atoms. The van der Waals surface area contributed by atoms with Crippen LogP contribution in [0.2, 0.25) is 0 Å². The van der Waals surface area contributed by atoms with Crippen LogP contribution in [0.25, 0.3) is 0 Å². The second-order valence-corrected chi connectivity index (χ2v) is 4.11. The van der Waals surface area contributed by atoms with E-state index in [1.165, 1.54) is 5.56 Å². The molecule has 0 spiro atoms. The molecule has 0 bridgehead atoms. The number of nitrogens with zero attached hydrogens (tertiary/aromatic N) is 1. The predicted octanol–water partition coefficient (Wildman–Crippen LogP) is 2.41. The first-order valence-corrected chi connectivity index (χ1v) is 5.73. The van der Waals surface area contributed by atoms with Gasteiger partial charge in [0.1, 0.15) is 0 Å². The van der Waals surface area contributed by atoms with Gasteiger partial charge in [-0.15, -0.1) is 0 Å². The minimum atomic E-state index is -0.997. The number of carbonyl (C=O) groups is 1. The first-order valence-electron chi connectivity index (χ1n) is 5.73. The summed E-state index contributed by atoms with van der Waals surface area (Å²) in [5.74, 6) is -0.714. The summed E-state index contributed by atoms with van der Waals surface area (Å²) >= 11 is 0. The van der Waals surface area contributed by atoms with Gasteiger partial charge in [-0.25, -0.2) is 4.79 Å². The van der Waals surface area contributed by atoms with Crippen molar-refractivity contribution in [2.24, 2.45) is 5.16 Å². The molecule has 0 heterocycles. The highest BCUT2D eigenvalue weighted by Crippen LogP contribution is 2.32. The van der Waals surface area contributed by atoms with Crippen molar-refractivity contribution >= 4 is 11.7 Å². The number of carboxylic acids is 1. The van der Waals surface area contributed by atoms with E-state index in [0.717, 1.165) is 25.0 Å². The molecular weight excluding hydrogens is 218 g/mol. The quantitative estimate of drug-likeness (QED) is 0.812. The molecule has 0 saturated heterocycles. The lowest BCUT2D eigenvalue weighted by Crippen LogP contribution is -2.09. The first-order chi connectivity index (χ1) is 8.27. The van der Waals surface area contributed by atoms with Crippen LogP contribution in [-0.4, -0.2) is 23.4 Å². The van der Waals surface area contributed by atoms with Crippen LogP contribution in [0.5, 0.6) is 0 Å². The zero-order valence-corrected chi connectivity index (χ0v) is 9.50. The van der Waals surface area contributed by atoms with Crippen molar-refractivity contribution in [2.75, 3.05) is 6.61 Å². The minimum absolute atomic E-state index is 0.282. The molecule has 0 unspecified atom stereocenters. The first kappa shape index (κ1) is 11.6. The highest BCUT2D eigenvalue weighted by Gasteiger charge is 2.24. The van der Waals surface area contributed by atoms with Crippen molar-refractivity contribution in [1.29, 1.82) is 0 Å². The van der Waals surface area contributed by atoms with E-state index in [4.69, 9.17) is 9.94 Å². The van der Waals surface area contributed by atoms with Crippen molar-refractivity contribution in [3.05, 3.63) is 35.9 Å². The Morgan fingerprint density at radius 1 is 1.41 bits per heavy atom. The van der Waals surface area contributed by atoms with Gasteiger partial charge in [-0.1, -0.05) is 35.5 Å². The zero-order chi connectivity index (χ0) is 12.1. The lowest BCUT2D eigenvalue weighted by Gasteiger charge is -2.10. The van der Waals surface area contributed by atoms with E-state index in [-0.39, 0.29) is 12.5 Å². The lowest BCUT2D eigenvalue weighted by molar-refractivity contribution is -0.142. The predicted molar refractivity (Wildman–Crippen MR) is 64.1 cm³/mol. The maximum absolute atomic E-state index is 10.3. The Labute approximate surface area is 99.9 Å². The van der Waals surface area contributed by atoms with Crippen LogP contribution >= 0.6 is 0 Å². The third-order valence-corrected chi connectivity index (χ3v) is 2.90. The SMILES string of the molecule is O=C(O)CO/N=C1\CCC[C@@H]1c1ccccc1. The molecule has 1 aliphatic carbocycles. The van der Waals surface area contributed by atoms with E-state index in [0.29, 0.717) is 0 Å². The summed E-state index contributed by atoms with van der Waals surface area (Å²) in [5.41, 5.74) is 2.18. The molecule has 1 atom stereocenters. The van der Waals surface area contributed by atoms with Crippen LogP contribution in [-0.2, 0) is 9.63 Å². The number of hydrogen-bond donors (Lipinski definition) is 1. The van der Waals surface area contributed by atoms with Crippen LogP contribution < -0.4 is 0 Å². The average Bonchev–Trinajstić information content (AvgIpc) is 2.78. The van der Waals surface area contributed by atoms with Crippen LogP contribution in [0.1, 0.15) is 30.7 Å². The summed E-state index contributed by atoms with van der Waals surface area (Å²) in [6, 6.07) is 10.1. The molecule has 90 valence electrons. The second kappa shape index (κ2) is 5.48. The summed E-state index contributed by atoms with van der Waals surface area (Å²) in [7, 11) is 0. The second-order valence-electron chi connectivity index (χ2n) is 4.11. The summed E-state index contributed by atoms with van der Waals surface area (Å²) in [5, 5.41) is 12.4. The number of carboxylic acid groups (broad SMARTS) is 1. The Bertz CT molecular complexity index is 414. The van der Waals surface area contributed by atoms with E-state index in [2.05, 4.69) is 17.3 Å². The zero-order valence-electron chi connectivity index (χ0n) is 9.50. The van der Waals surface area contributed by atoms with Crippen molar-refractivity contribution in [3.8, 4) is 0 Å². The van der Waals surface area contributed by atoms with Gasteiger partial charge in [0, 0.05) is 5.92 Å². The molecule has 1 N–H and O–H groups in total. The van der Waals surface area contributed by atoms with Crippen LogP contribution in [0.4, 0.5) is 0 Å². The van der Waals surface area contributed by atoms with E-state index < -0.39 is 5.97 Å². The fraction of sp³-hybridized carbons (Fsp3) is 0.385. The molecular formula is C13H15NO3. The molecule has 1 aromatic rings. The average molecular weight is 233 g/mol. The molecule has 0 aromatic heterocycles. The Kier molecular flexibility index (Phi) is 3.75. The number of hydrogen-bond acceptors (Lipinski definition) is 3. The smallest absolute Gasteiger partial charge is 0.344 e. The largest absolute Gasteiger partial charge is 0.479 e. The maximum Gasteiger partial charge on any atom is 0.344 e. The molecule has 2 rings (SSSR count). The van der Waals surface area contributed by atoms with Gasteiger partial charge in [-0.3, -0.25) is 0 Å². The summed E-state index contributed by atoms with van der Waals surface area (Å²) in [4.78, 5) is 15.1. The van der Waals surface area contributed by atoms with Crippen molar-refractivity contribution in [3.63, 3.8) is 0 Å². The van der Waals surface area contributed by atoms with Gasteiger partial charge >= 0.3 is 5.97 Å². The van der Waals surface area contributed by atoms with Crippen molar-refractivity contribution in [1.82, 2.24) is 0 Å². The highest BCUT2D eigenvalue weighted by atomic mass is 16.6. The molecule has 0 aliphatic heterocycles. The third-order valence-electron chi connectivity index (χ3n) is 2.90. The topological polar surface area (TPSA) is 58.9 Å². The van der Waals surface area contributed by atoms with E-state index in [1.807, 2.05) is 18.2 Å². The van der Waals surface area contributed by atoms with E-state index in [1.54, 1.807) is 0 Å². The Morgan fingerprint density at radius 2 is 2.18 bits per heavy atom. The van der Waals surface area contributed by atoms with Crippen LogP contribution in [0.3, 0.4) is 0 Å². The van der Waals surface area contributed by atoms with Gasteiger partial charge in [-0.05, 0) is 24.8 Å². The summed E-state index contributed by atoms with van der Waals surface area (Å²) in [6.45, 7) is -0.370. The molecule has 1 aromatic carbocycles. The summed E-state index contributed by atoms with van der Waals surface area (Å²) < 4.78 is 0. The number of aliphatic carboxylic acids is 1. The standard InChI is InChI=1S/C13H15NO3/c15-13(16)9-17-14-12-8-4-7-11(12)10-5-2-1-3-6-10/h1-3,5-6,11H,4,7-9H2,(H,15,16)/b14-12+/t11-/m1/s1. The van der Waals surface area contributed by atoms with E-state index in [9.17, 15) is 4.79 Å². The van der Waals surface area contributed by atoms with Gasteiger partial charge < -0.3 is 9.94 Å². The Hall–Kier alpha value is -1.84. The van der Waals surface area contributed by atoms with Gasteiger partial charge in [-0.2, -0.15) is 0 Å². The number of oxime groups is 1. The molecule has 4 heteroatoms. The fourth-order valence-corrected chi connectivity index (χ4v) is 2.15. The minimum Gasteiger partial charge on any atom is -0.479 e. The van der Waals surface area contributed by atoms with Gasteiger partial charge in [0.2, 0.25) is 6.61 Å². The van der Waals surface area contributed by atoms with E-state index >= 15 is 0 Å². The van der Waals surface area contributed by atoms with Gasteiger partial charge in [0.05, 0.1) is 5.71 Å². The third kappa shape index (κ3) is 3.06. The lowest BCUT2D eigenvalue weighted by atomic mass is 9.97. The Morgan fingerprint density at radius 3 is 2.88 bits per heavy atom. The van der Waals surface area contributed by atoms with Crippen molar-refractivity contribution < 1.29 is 14.7 Å². The molecule has 1 saturated carbocycles. The van der Waals surface area contributed by atoms with Crippen LogP contribution in [0.15, 0.2) is 35.5 Å². The fourth-order valence-electron chi connectivity index (χ4n) is 2.15. The number of rotatable bonds is 4. The summed E-state index contributed by atoms with van der Waals surface area (Å²) in [6.07, 6.45) is 3.02. The normalized spacial score (nSPS) is 21.6. The molecule has 4 nitrogen and oxygen atoms in total. The van der Waals surface area contributed by atoms with Crippen LogP contribution in [0, 0.1) is 0 Å². The van der Waals surface area contributed by atoms with Gasteiger partial charge in [0.15, 0.2) is 0 Å². The maximum atomic E-state index is 10.3. The monoisotopic (exact) mass is 233 g/mol. The van der Waals surface area contributed by atoms with Gasteiger partial charge in [0.25, 0.3) is 0 Å².